The maximum absolute atomic E-state index is 12.8. The second kappa shape index (κ2) is 8.99. The Labute approximate surface area is 187 Å². The number of nitrogens with one attached hydrogen (secondary N) is 2. The molecule has 0 bridgehead atoms. The first-order valence-corrected chi connectivity index (χ1v) is 10.8. The standard InChI is InChI=1S/C20H17Cl2N5O2S/c21-12-7-9-13(10-8-12)23-17(28)19-26-25-18(30-19)16-6-3-11-27(16)20(29)24-15-5-2-1-4-14(15)22/h1-2,4-5,7-10,16H,3,6,11H2,(H,23,28)(H,24,29)/t16-/m0/s1. The fourth-order valence-corrected chi connectivity index (χ4v) is 4.39. The van der Waals surface area contributed by atoms with Gasteiger partial charge in [0.1, 0.15) is 5.01 Å². The maximum Gasteiger partial charge on any atom is 0.322 e. The number of halogens is 2. The number of rotatable bonds is 4. The van der Waals surface area contributed by atoms with Crippen LogP contribution in [0, 0.1) is 0 Å². The molecule has 2 aromatic carbocycles. The Morgan fingerprint density at radius 1 is 1.03 bits per heavy atom. The second-order valence-electron chi connectivity index (χ2n) is 6.67. The van der Waals surface area contributed by atoms with Gasteiger partial charge in [-0.05, 0) is 49.2 Å². The summed E-state index contributed by atoms with van der Waals surface area (Å²) >= 11 is 13.2. The van der Waals surface area contributed by atoms with Gasteiger partial charge in [-0.1, -0.05) is 46.7 Å². The highest BCUT2D eigenvalue weighted by Crippen LogP contribution is 2.34. The number of anilines is 2. The summed E-state index contributed by atoms with van der Waals surface area (Å²) in [6, 6.07) is 13.4. The van der Waals surface area contributed by atoms with Crippen LogP contribution in [0.4, 0.5) is 16.2 Å². The van der Waals surface area contributed by atoms with E-state index in [1.807, 2.05) is 0 Å². The van der Waals surface area contributed by atoms with Crippen LogP contribution in [0.1, 0.15) is 33.7 Å². The van der Waals surface area contributed by atoms with Gasteiger partial charge in [-0.25, -0.2) is 4.79 Å². The third-order valence-corrected chi connectivity index (χ3v) is 6.26. The molecule has 1 aromatic heterocycles. The van der Waals surface area contributed by atoms with E-state index in [1.54, 1.807) is 53.4 Å². The molecule has 10 heteroatoms. The summed E-state index contributed by atoms with van der Waals surface area (Å²) < 4.78 is 0. The summed E-state index contributed by atoms with van der Waals surface area (Å²) in [6.07, 6.45) is 1.59. The molecular weight excluding hydrogens is 445 g/mol. The fourth-order valence-electron chi connectivity index (χ4n) is 3.19. The van der Waals surface area contributed by atoms with Crippen molar-refractivity contribution in [3.8, 4) is 0 Å². The summed E-state index contributed by atoms with van der Waals surface area (Å²) in [4.78, 5) is 27.0. The number of carbonyl (C=O) groups is 2. The predicted octanol–water partition coefficient (Wildman–Crippen LogP) is 5.47. The minimum absolute atomic E-state index is 0.234. The summed E-state index contributed by atoms with van der Waals surface area (Å²) in [7, 11) is 0. The minimum Gasteiger partial charge on any atom is -0.320 e. The van der Waals surface area contributed by atoms with Crippen molar-refractivity contribution in [2.75, 3.05) is 17.2 Å². The molecule has 1 aliphatic heterocycles. The molecular formula is C20H17Cl2N5O2S. The molecule has 1 atom stereocenters. The lowest BCUT2D eigenvalue weighted by molar-refractivity contribution is 0.102. The van der Waals surface area contributed by atoms with Crippen LogP contribution in [0.25, 0.3) is 0 Å². The monoisotopic (exact) mass is 461 g/mol. The molecule has 3 amide bonds. The van der Waals surface area contributed by atoms with Gasteiger partial charge in [0.2, 0.25) is 5.01 Å². The summed E-state index contributed by atoms with van der Waals surface area (Å²) in [6.45, 7) is 0.590. The molecule has 2 N–H and O–H groups in total. The van der Waals surface area contributed by atoms with Gasteiger partial charge in [-0.2, -0.15) is 0 Å². The van der Waals surface area contributed by atoms with Gasteiger partial charge in [-0.15, -0.1) is 10.2 Å². The number of likely N-dealkylation sites (tertiary alicyclic amines) is 1. The number of hydrogen-bond donors (Lipinski definition) is 2. The Bertz CT molecular complexity index is 1070. The van der Waals surface area contributed by atoms with Crippen molar-refractivity contribution >= 4 is 57.9 Å². The molecule has 1 aliphatic rings. The molecule has 0 spiro atoms. The van der Waals surface area contributed by atoms with E-state index in [0.717, 1.165) is 12.8 Å². The molecule has 154 valence electrons. The maximum atomic E-state index is 12.8. The van der Waals surface area contributed by atoms with Crippen LogP contribution in [0.15, 0.2) is 48.5 Å². The number of hydrogen-bond acceptors (Lipinski definition) is 5. The molecule has 2 heterocycles. The van der Waals surface area contributed by atoms with Crippen molar-refractivity contribution in [2.45, 2.75) is 18.9 Å². The van der Waals surface area contributed by atoms with Crippen molar-refractivity contribution in [1.82, 2.24) is 15.1 Å². The van der Waals surface area contributed by atoms with Gasteiger partial charge in [-0.3, -0.25) is 4.79 Å². The minimum atomic E-state index is -0.355. The van der Waals surface area contributed by atoms with Crippen LogP contribution in [-0.2, 0) is 0 Å². The number of urea groups is 1. The number of benzene rings is 2. The van der Waals surface area contributed by atoms with Crippen LogP contribution in [0.2, 0.25) is 10.0 Å². The van der Waals surface area contributed by atoms with Crippen LogP contribution in [0.3, 0.4) is 0 Å². The zero-order valence-electron chi connectivity index (χ0n) is 15.6. The van der Waals surface area contributed by atoms with E-state index in [2.05, 4.69) is 20.8 Å². The lowest BCUT2D eigenvalue weighted by Crippen LogP contribution is -2.34. The highest BCUT2D eigenvalue weighted by Gasteiger charge is 2.33. The quantitative estimate of drug-likeness (QED) is 0.539. The molecule has 7 nitrogen and oxygen atoms in total. The number of nitrogens with zero attached hydrogens (tertiary/aromatic N) is 3. The van der Waals surface area contributed by atoms with Gasteiger partial charge in [0.05, 0.1) is 16.8 Å². The van der Waals surface area contributed by atoms with Crippen molar-refractivity contribution in [3.63, 3.8) is 0 Å². The van der Waals surface area contributed by atoms with Gasteiger partial charge in [0.15, 0.2) is 0 Å². The SMILES string of the molecule is O=C(Nc1ccc(Cl)cc1)c1nnc([C@@H]2CCCN2C(=O)Nc2ccccc2Cl)s1. The Hall–Kier alpha value is -2.68. The third kappa shape index (κ3) is 4.56. The van der Waals surface area contributed by atoms with Crippen LogP contribution < -0.4 is 10.6 Å². The Balaban J connectivity index is 1.45. The lowest BCUT2D eigenvalue weighted by Gasteiger charge is -2.23. The number of para-hydroxylation sites is 1. The molecule has 0 aliphatic carbocycles. The van der Waals surface area contributed by atoms with Crippen molar-refractivity contribution < 1.29 is 9.59 Å². The van der Waals surface area contributed by atoms with E-state index in [1.165, 1.54) is 11.3 Å². The fraction of sp³-hybridized carbons (Fsp3) is 0.200. The molecule has 4 rings (SSSR count). The van der Waals surface area contributed by atoms with Crippen LogP contribution >= 0.6 is 34.5 Å². The molecule has 0 saturated carbocycles. The summed E-state index contributed by atoms with van der Waals surface area (Å²) in [5.74, 6) is -0.355. The summed E-state index contributed by atoms with van der Waals surface area (Å²) in [5, 5.41) is 15.7. The second-order valence-corrected chi connectivity index (χ2v) is 8.52. The number of aromatic nitrogens is 2. The third-order valence-electron chi connectivity index (χ3n) is 4.65. The average Bonchev–Trinajstić information content (AvgIpc) is 3.40. The van der Waals surface area contributed by atoms with Crippen LogP contribution in [-0.4, -0.2) is 33.6 Å². The Kier molecular flexibility index (Phi) is 6.17. The van der Waals surface area contributed by atoms with E-state index in [9.17, 15) is 9.59 Å². The van der Waals surface area contributed by atoms with E-state index in [-0.39, 0.29) is 23.0 Å². The highest BCUT2D eigenvalue weighted by atomic mass is 35.5. The molecule has 0 unspecified atom stereocenters. The number of carbonyl (C=O) groups excluding carboxylic acids is 2. The Morgan fingerprint density at radius 2 is 1.80 bits per heavy atom. The normalized spacial score (nSPS) is 15.8. The van der Waals surface area contributed by atoms with E-state index >= 15 is 0 Å². The van der Waals surface area contributed by atoms with E-state index in [0.29, 0.717) is 33.0 Å². The van der Waals surface area contributed by atoms with Crippen molar-refractivity contribution in [2.24, 2.45) is 0 Å². The highest BCUT2D eigenvalue weighted by molar-refractivity contribution is 7.13. The Morgan fingerprint density at radius 3 is 2.57 bits per heavy atom. The molecule has 3 aromatic rings. The first-order valence-electron chi connectivity index (χ1n) is 9.24. The zero-order valence-corrected chi connectivity index (χ0v) is 18.0. The van der Waals surface area contributed by atoms with Crippen molar-refractivity contribution in [1.29, 1.82) is 0 Å². The molecule has 30 heavy (non-hydrogen) atoms. The van der Waals surface area contributed by atoms with Gasteiger partial charge >= 0.3 is 6.03 Å². The van der Waals surface area contributed by atoms with Gasteiger partial charge in [0.25, 0.3) is 5.91 Å². The van der Waals surface area contributed by atoms with Gasteiger partial charge < -0.3 is 15.5 Å². The largest absolute Gasteiger partial charge is 0.322 e. The van der Waals surface area contributed by atoms with E-state index < -0.39 is 0 Å². The molecule has 0 radical (unpaired) electrons. The average molecular weight is 462 g/mol. The van der Waals surface area contributed by atoms with Crippen LogP contribution in [0.5, 0.6) is 0 Å². The van der Waals surface area contributed by atoms with Gasteiger partial charge in [0, 0.05) is 17.3 Å². The first kappa shape index (κ1) is 20.6. The smallest absolute Gasteiger partial charge is 0.320 e. The summed E-state index contributed by atoms with van der Waals surface area (Å²) in [5.41, 5.74) is 1.16. The van der Waals surface area contributed by atoms with E-state index in [4.69, 9.17) is 23.2 Å². The topological polar surface area (TPSA) is 87.2 Å². The number of amides is 3. The van der Waals surface area contributed by atoms with Crippen molar-refractivity contribution in [3.05, 3.63) is 68.6 Å². The molecule has 1 fully saturated rings. The lowest BCUT2D eigenvalue weighted by atomic mass is 10.2. The predicted molar refractivity (Wildman–Crippen MR) is 118 cm³/mol. The zero-order chi connectivity index (χ0) is 21.1. The first-order chi connectivity index (χ1) is 14.5. The molecule has 1 saturated heterocycles.